The van der Waals surface area contributed by atoms with Gasteiger partial charge in [-0.2, -0.15) is 0 Å². The molecule has 0 saturated carbocycles. The number of nitrogens with zero attached hydrogens (tertiary/aromatic N) is 1. The Morgan fingerprint density at radius 2 is 1.89 bits per heavy atom. The predicted octanol–water partition coefficient (Wildman–Crippen LogP) is 2.76. The monoisotopic (exact) mass is 360 g/mol. The molecule has 1 N–H and O–H groups in total. The molecule has 27 heavy (non-hydrogen) atoms. The number of H-pyrrole nitrogens is 1. The van der Waals surface area contributed by atoms with Crippen molar-refractivity contribution in [2.75, 3.05) is 0 Å². The average molecular weight is 360 g/mol. The van der Waals surface area contributed by atoms with Crippen molar-refractivity contribution in [3.8, 4) is 17.2 Å². The van der Waals surface area contributed by atoms with E-state index in [0.29, 0.717) is 16.7 Å². The lowest BCUT2D eigenvalue weighted by Gasteiger charge is -2.06. The van der Waals surface area contributed by atoms with Gasteiger partial charge in [-0.15, -0.1) is 0 Å². The number of benzene rings is 1. The molecule has 0 spiro atoms. The summed E-state index contributed by atoms with van der Waals surface area (Å²) in [4.78, 5) is 43.2. The van der Waals surface area contributed by atoms with Gasteiger partial charge in [0.15, 0.2) is 16.9 Å². The van der Waals surface area contributed by atoms with Crippen LogP contribution in [0.5, 0.6) is 5.75 Å². The smallest absolute Gasteiger partial charge is 0.345 e. The average Bonchev–Trinajstić information content (AvgIpc) is 2.70. The van der Waals surface area contributed by atoms with Gasteiger partial charge in [-0.05, 0) is 24.3 Å². The van der Waals surface area contributed by atoms with Gasteiger partial charge in [0.2, 0.25) is 5.43 Å². The van der Waals surface area contributed by atoms with Crippen LogP contribution in [0.4, 0.5) is 0 Å². The van der Waals surface area contributed by atoms with Crippen LogP contribution in [0, 0.1) is 0 Å². The molecule has 4 aromatic rings. The summed E-state index contributed by atoms with van der Waals surface area (Å²) in [6.45, 7) is 0. The second kappa shape index (κ2) is 6.72. The van der Waals surface area contributed by atoms with Gasteiger partial charge in [0.25, 0.3) is 0 Å². The Morgan fingerprint density at radius 1 is 1.04 bits per heavy atom. The summed E-state index contributed by atoms with van der Waals surface area (Å²) in [6, 6.07) is 12.4. The predicted molar refractivity (Wildman–Crippen MR) is 97.7 cm³/mol. The van der Waals surface area contributed by atoms with Crippen molar-refractivity contribution in [3.05, 3.63) is 93.1 Å². The Balaban J connectivity index is 1.67. The van der Waals surface area contributed by atoms with Crippen LogP contribution in [0.25, 0.3) is 22.4 Å². The Labute approximate surface area is 151 Å². The van der Waals surface area contributed by atoms with Crippen LogP contribution in [0.15, 0.2) is 81.1 Å². The number of rotatable bonds is 3. The van der Waals surface area contributed by atoms with E-state index in [1.807, 2.05) is 0 Å². The van der Waals surface area contributed by atoms with E-state index in [9.17, 15) is 14.4 Å². The maximum Gasteiger partial charge on any atom is 0.345 e. The van der Waals surface area contributed by atoms with Crippen molar-refractivity contribution >= 4 is 16.9 Å². The largest absolute Gasteiger partial charge is 0.454 e. The van der Waals surface area contributed by atoms with E-state index in [4.69, 9.17) is 9.15 Å². The SMILES string of the molecule is O=C(Oc1c[nH]c(-c2cc(=O)c3ccccc3o2)cc1=O)c1cccnc1. The molecule has 0 fully saturated rings. The maximum absolute atomic E-state index is 12.3. The summed E-state index contributed by atoms with van der Waals surface area (Å²) in [5, 5.41) is 0.450. The van der Waals surface area contributed by atoms with Gasteiger partial charge in [0.05, 0.1) is 16.6 Å². The third-order valence-electron chi connectivity index (χ3n) is 3.88. The number of fused-ring (bicyclic) bond motifs is 1. The highest BCUT2D eigenvalue weighted by Gasteiger charge is 2.13. The van der Waals surface area contributed by atoms with Crippen molar-refractivity contribution in [1.82, 2.24) is 9.97 Å². The molecule has 3 aromatic heterocycles. The van der Waals surface area contributed by atoms with E-state index >= 15 is 0 Å². The number of aromatic amines is 1. The van der Waals surface area contributed by atoms with Crippen molar-refractivity contribution in [1.29, 1.82) is 0 Å². The van der Waals surface area contributed by atoms with Gasteiger partial charge < -0.3 is 14.1 Å². The number of hydrogen-bond donors (Lipinski definition) is 1. The highest BCUT2D eigenvalue weighted by atomic mass is 16.5. The normalized spacial score (nSPS) is 10.7. The molecule has 7 heteroatoms. The minimum Gasteiger partial charge on any atom is -0.454 e. The standard InChI is InChI=1S/C20H12N2O5/c23-15-9-18(26-17-6-2-1-5-13(15)17)14-8-16(24)19(11-22-14)27-20(25)12-4-3-7-21-10-12/h1-11H,(H,22,24). The Morgan fingerprint density at radius 3 is 2.67 bits per heavy atom. The Kier molecular flexibility index (Phi) is 4.10. The number of ether oxygens (including phenoxy) is 1. The molecule has 0 unspecified atom stereocenters. The van der Waals surface area contributed by atoms with Crippen molar-refractivity contribution in [3.63, 3.8) is 0 Å². The molecule has 0 aliphatic carbocycles. The Hall–Kier alpha value is -4.00. The molecule has 0 aliphatic heterocycles. The second-order valence-electron chi connectivity index (χ2n) is 5.68. The molecule has 0 amide bonds. The summed E-state index contributed by atoms with van der Waals surface area (Å²) < 4.78 is 10.8. The quantitative estimate of drug-likeness (QED) is 0.564. The molecule has 132 valence electrons. The third kappa shape index (κ3) is 3.25. The first kappa shape index (κ1) is 16.5. The fraction of sp³-hybridized carbons (Fsp3) is 0. The minimum absolute atomic E-state index is 0.171. The first-order chi connectivity index (χ1) is 13.1. The number of pyridine rings is 2. The molecule has 0 bridgehead atoms. The summed E-state index contributed by atoms with van der Waals surface area (Å²) in [6.07, 6.45) is 4.12. The highest BCUT2D eigenvalue weighted by molar-refractivity contribution is 5.90. The molecule has 0 atom stereocenters. The zero-order chi connectivity index (χ0) is 18.8. The number of carbonyl (C=O) groups excluding carboxylic acids is 1. The van der Waals surface area contributed by atoms with Crippen LogP contribution in [0.1, 0.15) is 10.4 Å². The highest BCUT2D eigenvalue weighted by Crippen LogP contribution is 2.20. The molecule has 0 aliphatic rings. The maximum atomic E-state index is 12.3. The van der Waals surface area contributed by atoms with Crippen LogP contribution in [0.2, 0.25) is 0 Å². The van der Waals surface area contributed by atoms with Crippen LogP contribution < -0.4 is 15.6 Å². The lowest BCUT2D eigenvalue weighted by Crippen LogP contribution is -2.15. The lowest BCUT2D eigenvalue weighted by atomic mass is 10.2. The van der Waals surface area contributed by atoms with Crippen LogP contribution in [-0.2, 0) is 0 Å². The third-order valence-corrected chi connectivity index (χ3v) is 3.88. The van der Waals surface area contributed by atoms with Crippen LogP contribution >= 0.6 is 0 Å². The molecular formula is C20H12N2O5. The van der Waals surface area contributed by atoms with Gasteiger partial charge in [-0.3, -0.25) is 14.6 Å². The number of hydrogen-bond acceptors (Lipinski definition) is 6. The van der Waals surface area contributed by atoms with Crippen molar-refractivity contribution < 1.29 is 13.9 Å². The van der Waals surface area contributed by atoms with E-state index in [0.717, 1.165) is 0 Å². The van der Waals surface area contributed by atoms with E-state index in [2.05, 4.69) is 9.97 Å². The van der Waals surface area contributed by atoms with E-state index in [1.165, 1.54) is 36.8 Å². The number of nitrogens with one attached hydrogen (secondary N) is 1. The number of aromatic nitrogens is 2. The lowest BCUT2D eigenvalue weighted by molar-refractivity contribution is 0.0732. The van der Waals surface area contributed by atoms with E-state index < -0.39 is 11.4 Å². The summed E-state index contributed by atoms with van der Waals surface area (Å²) in [7, 11) is 0. The second-order valence-corrected chi connectivity index (χ2v) is 5.68. The number of carbonyl (C=O) groups is 1. The van der Waals surface area contributed by atoms with Gasteiger partial charge in [-0.25, -0.2) is 4.79 Å². The minimum atomic E-state index is -0.696. The molecule has 7 nitrogen and oxygen atoms in total. The van der Waals surface area contributed by atoms with Gasteiger partial charge in [0, 0.05) is 30.7 Å². The molecular weight excluding hydrogens is 348 g/mol. The molecule has 1 aromatic carbocycles. The topological polar surface area (TPSA) is 102 Å². The first-order valence-electron chi connectivity index (χ1n) is 8.00. The molecule has 3 heterocycles. The molecule has 0 radical (unpaired) electrons. The zero-order valence-corrected chi connectivity index (χ0v) is 13.8. The van der Waals surface area contributed by atoms with E-state index in [-0.39, 0.29) is 22.5 Å². The van der Waals surface area contributed by atoms with Crippen molar-refractivity contribution in [2.24, 2.45) is 0 Å². The van der Waals surface area contributed by atoms with Gasteiger partial charge >= 0.3 is 5.97 Å². The van der Waals surface area contributed by atoms with Crippen molar-refractivity contribution in [2.45, 2.75) is 0 Å². The fourth-order valence-corrected chi connectivity index (χ4v) is 2.56. The fourth-order valence-electron chi connectivity index (χ4n) is 2.56. The summed E-state index contributed by atoms with van der Waals surface area (Å²) in [5.41, 5.74) is 0.176. The van der Waals surface area contributed by atoms with Gasteiger partial charge in [0.1, 0.15) is 5.58 Å². The van der Waals surface area contributed by atoms with Crippen LogP contribution in [-0.4, -0.2) is 15.9 Å². The van der Waals surface area contributed by atoms with E-state index in [1.54, 1.807) is 30.3 Å². The molecule has 0 saturated heterocycles. The number of esters is 1. The first-order valence-corrected chi connectivity index (χ1v) is 8.00. The number of para-hydroxylation sites is 1. The zero-order valence-electron chi connectivity index (χ0n) is 13.8. The summed E-state index contributed by atoms with van der Waals surface area (Å²) >= 11 is 0. The van der Waals surface area contributed by atoms with Gasteiger partial charge in [-0.1, -0.05) is 12.1 Å². The van der Waals surface area contributed by atoms with Crippen LogP contribution in [0.3, 0.4) is 0 Å². The summed E-state index contributed by atoms with van der Waals surface area (Å²) in [5.74, 6) is -0.657. The molecule has 4 rings (SSSR count). The Bertz CT molecular complexity index is 1260.